The van der Waals surface area contributed by atoms with E-state index in [-0.39, 0.29) is 11.5 Å². The molecule has 1 atom stereocenters. The molecule has 5 aromatic rings. The monoisotopic (exact) mass is 549 g/mol. The Balaban J connectivity index is 1.73. The van der Waals surface area contributed by atoms with Crippen LogP contribution in [0, 0.1) is 30.3 Å². The second-order valence-corrected chi connectivity index (χ2v) is 11.1. The molecule has 0 unspecified atom stereocenters. The SMILES string of the molecule is Cc1nnn(C)c1-c1cnc2c3ccc(C(C)(C)O)cc3n([C@@H](c3c(F)cc(F)cc3F)C3CCOCC3)c2c1. The summed E-state index contributed by atoms with van der Waals surface area (Å²) in [5.74, 6) is -3.08. The highest BCUT2D eigenvalue weighted by atomic mass is 19.1. The molecule has 1 saturated heterocycles. The fourth-order valence-corrected chi connectivity index (χ4v) is 6.01. The first-order valence-electron chi connectivity index (χ1n) is 13.3. The predicted molar refractivity (Wildman–Crippen MR) is 145 cm³/mol. The second-order valence-electron chi connectivity index (χ2n) is 11.1. The van der Waals surface area contributed by atoms with Crippen LogP contribution in [0.4, 0.5) is 13.2 Å². The molecule has 1 aliphatic heterocycles. The maximum Gasteiger partial charge on any atom is 0.134 e. The number of aryl methyl sites for hydroxylation is 2. The van der Waals surface area contributed by atoms with Gasteiger partial charge in [0, 0.05) is 55.1 Å². The molecule has 0 saturated carbocycles. The fourth-order valence-electron chi connectivity index (χ4n) is 6.01. The molecular weight excluding hydrogens is 519 g/mol. The van der Waals surface area contributed by atoms with Crippen LogP contribution in [0.25, 0.3) is 33.2 Å². The molecule has 1 N–H and O–H groups in total. The summed E-state index contributed by atoms with van der Waals surface area (Å²) in [4.78, 5) is 4.82. The molecule has 0 radical (unpaired) electrons. The Labute approximate surface area is 229 Å². The molecule has 1 fully saturated rings. The fraction of sp³-hybridized carbons (Fsp3) is 0.367. The first kappa shape index (κ1) is 26.5. The van der Waals surface area contributed by atoms with Gasteiger partial charge in [0.05, 0.1) is 39.6 Å². The first-order valence-corrected chi connectivity index (χ1v) is 13.3. The third-order valence-corrected chi connectivity index (χ3v) is 7.94. The summed E-state index contributed by atoms with van der Waals surface area (Å²) in [6.07, 6.45) is 2.86. The zero-order chi connectivity index (χ0) is 28.3. The lowest BCUT2D eigenvalue weighted by molar-refractivity contribution is 0.0543. The molecule has 3 aromatic heterocycles. The molecule has 1 aliphatic rings. The number of halogens is 3. The van der Waals surface area contributed by atoms with Crippen molar-refractivity contribution >= 4 is 21.9 Å². The van der Waals surface area contributed by atoms with Gasteiger partial charge in [0.25, 0.3) is 0 Å². The van der Waals surface area contributed by atoms with Crippen LogP contribution in [-0.4, -0.2) is 42.9 Å². The summed E-state index contributed by atoms with van der Waals surface area (Å²) >= 11 is 0. The van der Waals surface area contributed by atoms with Crippen molar-refractivity contribution in [1.29, 1.82) is 0 Å². The molecule has 0 spiro atoms. The van der Waals surface area contributed by atoms with Gasteiger partial charge in [0.1, 0.15) is 17.5 Å². The Morgan fingerprint density at radius 2 is 1.73 bits per heavy atom. The number of aromatic nitrogens is 5. The standard InChI is InChI=1S/C30H30F3N5O2/c1-16-28(37(4)36-35-16)18-11-25-27(34-15-18)21-6-5-19(30(2,3)39)12-24(21)38(25)29(17-7-9-40-10-8-17)26-22(32)13-20(31)14-23(26)33/h5-6,11-15,17,29,39H,7-10H2,1-4H3/t29-/m1/s1. The van der Waals surface area contributed by atoms with Gasteiger partial charge in [-0.25, -0.2) is 17.9 Å². The molecule has 40 heavy (non-hydrogen) atoms. The normalized spacial score (nSPS) is 15.8. The lowest BCUT2D eigenvalue weighted by Crippen LogP contribution is -2.28. The van der Waals surface area contributed by atoms with Gasteiger partial charge in [-0.2, -0.15) is 0 Å². The molecular formula is C30H30F3N5O2. The van der Waals surface area contributed by atoms with Crippen molar-refractivity contribution in [3.05, 3.63) is 76.9 Å². The van der Waals surface area contributed by atoms with Crippen LogP contribution < -0.4 is 0 Å². The quantitative estimate of drug-likeness (QED) is 0.293. The summed E-state index contributed by atoms with van der Waals surface area (Å²) in [5.41, 5.74) is 3.47. The van der Waals surface area contributed by atoms with E-state index in [2.05, 4.69) is 10.3 Å². The van der Waals surface area contributed by atoms with Gasteiger partial charge < -0.3 is 14.4 Å². The van der Waals surface area contributed by atoms with E-state index in [0.717, 1.165) is 28.8 Å². The van der Waals surface area contributed by atoms with E-state index in [4.69, 9.17) is 9.72 Å². The van der Waals surface area contributed by atoms with Gasteiger partial charge in [-0.05, 0) is 57.2 Å². The molecule has 208 valence electrons. The summed E-state index contributed by atoms with van der Waals surface area (Å²) in [6.45, 7) is 6.11. The van der Waals surface area contributed by atoms with Gasteiger partial charge in [-0.15, -0.1) is 5.10 Å². The van der Waals surface area contributed by atoms with E-state index in [0.29, 0.717) is 53.9 Å². The third-order valence-electron chi connectivity index (χ3n) is 7.94. The van der Waals surface area contributed by atoms with Crippen LogP contribution in [0.2, 0.25) is 0 Å². The number of benzene rings is 2. The molecule has 2 aromatic carbocycles. The maximum atomic E-state index is 15.6. The topological polar surface area (TPSA) is 78.0 Å². The van der Waals surface area contributed by atoms with Crippen LogP contribution in [-0.2, 0) is 17.4 Å². The van der Waals surface area contributed by atoms with Gasteiger partial charge in [-0.1, -0.05) is 17.3 Å². The number of ether oxygens (including phenoxy) is 1. The van der Waals surface area contributed by atoms with Crippen LogP contribution in [0.15, 0.2) is 42.6 Å². The number of pyridine rings is 1. The Bertz CT molecular complexity index is 1710. The molecule has 0 aliphatic carbocycles. The molecule has 0 bridgehead atoms. The van der Waals surface area contributed by atoms with E-state index < -0.39 is 29.1 Å². The summed E-state index contributed by atoms with van der Waals surface area (Å²) < 4.78 is 54.4. The number of fused-ring (bicyclic) bond motifs is 3. The molecule has 6 rings (SSSR count). The average molecular weight is 550 g/mol. The first-order chi connectivity index (χ1) is 19.0. The molecule has 7 nitrogen and oxygen atoms in total. The van der Waals surface area contributed by atoms with Crippen molar-refractivity contribution in [3.8, 4) is 11.3 Å². The minimum Gasteiger partial charge on any atom is -0.386 e. The van der Waals surface area contributed by atoms with Gasteiger partial charge in [0.15, 0.2) is 0 Å². The number of nitrogens with zero attached hydrogens (tertiary/aromatic N) is 5. The Kier molecular flexibility index (Phi) is 6.42. The minimum absolute atomic E-state index is 0.204. The Morgan fingerprint density at radius 1 is 1.02 bits per heavy atom. The van der Waals surface area contributed by atoms with E-state index in [1.165, 1.54) is 0 Å². The second kappa shape index (κ2) is 9.71. The van der Waals surface area contributed by atoms with Crippen LogP contribution in [0.1, 0.15) is 49.6 Å². The third kappa shape index (κ3) is 4.35. The highest BCUT2D eigenvalue weighted by molar-refractivity contribution is 6.07. The number of hydrogen-bond donors (Lipinski definition) is 1. The van der Waals surface area contributed by atoms with E-state index in [1.807, 2.05) is 35.8 Å². The highest BCUT2D eigenvalue weighted by Crippen LogP contribution is 2.43. The number of aliphatic hydroxyl groups is 1. The van der Waals surface area contributed by atoms with E-state index in [1.54, 1.807) is 31.8 Å². The summed E-state index contributed by atoms with van der Waals surface area (Å²) in [6, 6.07) is 8.13. The van der Waals surface area contributed by atoms with Crippen molar-refractivity contribution in [1.82, 2.24) is 24.5 Å². The Morgan fingerprint density at radius 3 is 2.35 bits per heavy atom. The average Bonchev–Trinajstić information content (AvgIpc) is 3.41. The highest BCUT2D eigenvalue weighted by Gasteiger charge is 2.35. The Hall–Kier alpha value is -3.76. The molecule has 10 heteroatoms. The zero-order valence-corrected chi connectivity index (χ0v) is 22.8. The maximum absolute atomic E-state index is 15.6. The van der Waals surface area contributed by atoms with E-state index in [9.17, 15) is 9.50 Å². The summed E-state index contributed by atoms with van der Waals surface area (Å²) in [5, 5.41) is 19.9. The molecule has 4 heterocycles. The van der Waals surface area contributed by atoms with Crippen molar-refractivity contribution in [2.24, 2.45) is 13.0 Å². The van der Waals surface area contributed by atoms with Crippen molar-refractivity contribution in [2.45, 2.75) is 45.3 Å². The number of hydrogen-bond acceptors (Lipinski definition) is 5. The van der Waals surface area contributed by atoms with Crippen LogP contribution in [0.5, 0.6) is 0 Å². The minimum atomic E-state index is -1.16. The van der Waals surface area contributed by atoms with Crippen molar-refractivity contribution in [2.75, 3.05) is 13.2 Å². The van der Waals surface area contributed by atoms with Gasteiger partial charge in [0.2, 0.25) is 0 Å². The smallest absolute Gasteiger partial charge is 0.134 e. The van der Waals surface area contributed by atoms with Crippen molar-refractivity contribution in [3.63, 3.8) is 0 Å². The largest absolute Gasteiger partial charge is 0.386 e. The zero-order valence-electron chi connectivity index (χ0n) is 22.8. The van der Waals surface area contributed by atoms with Gasteiger partial charge in [-0.3, -0.25) is 4.98 Å². The summed E-state index contributed by atoms with van der Waals surface area (Å²) in [7, 11) is 1.79. The van der Waals surface area contributed by atoms with Crippen LogP contribution in [0.3, 0.4) is 0 Å². The number of rotatable bonds is 5. The lowest BCUT2D eigenvalue weighted by Gasteiger charge is -2.33. The van der Waals surface area contributed by atoms with Crippen molar-refractivity contribution < 1.29 is 23.0 Å². The molecule has 0 amide bonds. The van der Waals surface area contributed by atoms with Crippen LogP contribution >= 0.6 is 0 Å². The van der Waals surface area contributed by atoms with E-state index >= 15 is 8.78 Å². The lowest BCUT2D eigenvalue weighted by atomic mass is 9.86. The van der Waals surface area contributed by atoms with Gasteiger partial charge >= 0.3 is 0 Å². The predicted octanol–water partition coefficient (Wildman–Crippen LogP) is 5.95.